The first-order valence-electron chi connectivity index (χ1n) is 11.1. The summed E-state index contributed by atoms with van der Waals surface area (Å²) >= 11 is 0. The third kappa shape index (κ3) is 4.97. The van der Waals surface area contributed by atoms with Crippen LogP contribution in [0.25, 0.3) is 11.1 Å². The monoisotopic (exact) mass is 429 g/mol. The maximum atomic E-state index is 6.00. The van der Waals surface area contributed by atoms with Crippen LogP contribution in [-0.2, 0) is 11.3 Å². The maximum absolute atomic E-state index is 6.00. The van der Waals surface area contributed by atoms with Crippen molar-refractivity contribution in [2.45, 2.75) is 32.1 Å². The van der Waals surface area contributed by atoms with E-state index in [1.165, 1.54) is 16.7 Å². The molecule has 1 aliphatic carbocycles. The molecule has 1 unspecified atom stereocenters. The lowest BCUT2D eigenvalue weighted by Gasteiger charge is -2.28. The summed E-state index contributed by atoms with van der Waals surface area (Å²) in [6.45, 7) is 3.51. The average molecular weight is 430 g/mol. The van der Waals surface area contributed by atoms with Crippen molar-refractivity contribution in [3.05, 3.63) is 77.1 Å². The number of oxime groups is 1. The summed E-state index contributed by atoms with van der Waals surface area (Å²) in [6, 6.07) is 19.1. The molecule has 0 spiro atoms. The molecular weight excluding hydrogens is 398 g/mol. The average Bonchev–Trinajstić information content (AvgIpc) is 2.78. The SMILES string of the molecule is Cc1nc(N)nc2c1C(=NOCCCN(C)C)CC(c1ccccc1-c1ccccc1)C2. The van der Waals surface area contributed by atoms with Gasteiger partial charge in [-0.05, 0) is 56.5 Å². The van der Waals surface area contributed by atoms with Gasteiger partial charge in [0.1, 0.15) is 6.61 Å². The molecule has 1 aromatic heterocycles. The van der Waals surface area contributed by atoms with Crippen LogP contribution in [0.1, 0.15) is 41.3 Å². The van der Waals surface area contributed by atoms with Crippen molar-refractivity contribution in [2.24, 2.45) is 5.16 Å². The molecule has 0 aliphatic heterocycles. The van der Waals surface area contributed by atoms with Gasteiger partial charge >= 0.3 is 0 Å². The minimum absolute atomic E-state index is 0.233. The summed E-state index contributed by atoms with van der Waals surface area (Å²) in [4.78, 5) is 16.9. The highest BCUT2D eigenvalue weighted by Gasteiger charge is 2.30. The van der Waals surface area contributed by atoms with E-state index in [9.17, 15) is 0 Å². The molecule has 1 aliphatic rings. The molecule has 4 rings (SSSR count). The second-order valence-corrected chi connectivity index (χ2v) is 8.58. The van der Waals surface area contributed by atoms with E-state index in [0.717, 1.165) is 48.5 Å². The molecule has 6 nitrogen and oxygen atoms in total. The highest BCUT2D eigenvalue weighted by Crippen LogP contribution is 2.38. The smallest absolute Gasteiger partial charge is 0.220 e. The summed E-state index contributed by atoms with van der Waals surface area (Å²) < 4.78 is 0. The van der Waals surface area contributed by atoms with Crippen molar-refractivity contribution in [1.29, 1.82) is 0 Å². The third-order valence-electron chi connectivity index (χ3n) is 5.85. The van der Waals surface area contributed by atoms with E-state index in [1.54, 1.807) is 0 Å². The Kier molecular flexibility index (Phi) is 6.81. The lowest BCUT2D eigenvalue weighted by Crippen LogP contribution is -2.24. The van der Waals surface area contributed by atoms with Crippen LogP contribution in [0.5, 0.6) is 0 Å². The second kappa shape index (κ2) is 9.92. The Bertz CT molecular complexity index is 1090. The molecule has 3 aromatic rings. The van der Waals surface area contributed by atoms with Gasteiger partial charge in [0.25, 0.3) is 0 Å². The van der Waals surface area contributed by atoms with Crippen molar-refractivity contribution in [3.8, 4) is 11.1 Å². The largest absolute Gasteiger partial charge is 0.396 e. The van der Waals surface area contributed by atoms with E-state index in [2.05, 4.69) is 82.6 Å². The van der Waals surface area contributed by atoms with Crippen molar-refractivity contribution < 1.29 is 4.84 Å². The molecule has 0 fully saturated rings. The van der Waals surface area contributed by atoms with Gasteiger partial charge in [-0.2, -0.15) is 0 Å². The van der Waals surface area contributed by atoms with Crippen molar-refractivity contribution >= 4 is 11.7 Å². The van der Waals surface area contributed by atoms with Gasteiger partial charge < -0.3 is 15.5 Å². The maximum Gasteiger partial charge on any atom is 0.220 e. The second-order valence-electron chi connectivity index (χ2n) is 8.58. The fourth-order valence-electron chi connectivity index (χ4n) is 4.43. The van der Waals surface area contributed by atoms with Crippen LogP contribution in [0.3, 0.4) is 0 Å². The standard InChI is InChI=1S/C26H31N5O/c1-18-25-23(29-26(27)28-18)16-20(17-24(25)30-32-15-9-14-31(2)3)22-13-8-7-12-21(22)19-10-5-4-6-11-19/h4-8,10-13,20H,9,14-17H2,1-3H3,(H2,27,28,29). The molecule has 2 aromatic carbocycles. The van der Waals surface area contributed by atoms with Crippen molar-refractivity contribution in [3.63, 3.8) is 0 Å². The number of rotatable bonds is 7. The van der Waals surface area contributed by atoms with E-state index in [0.29, 0.717) is 12.6 Å². The molecule has 0 radical (unpaired) electrons. The zero-order chi connectivity index (χ0) is 22.5. The summed E-state index contributed by atoms with van der Waals surface area (Å²) in [6.07, 6.45) is 2.50. The summed E-state index contributed by atoms with van der Waals surface area (Å²) in [5.41, 5.74) is 13.4. The van der Waals surface area contributed by atoms with Crippen LogP contribution < -0.4 is 5.73 Å². The summed E-state index contributed by atoms with van der Waals surface area (Å²) in [5.74, 6) is 0.543. The number of aryl methyl sites for hydroxylation is 1. The molecular formula is C26H31N5O. The first-order chi connectivity index (χ1) is 15.5. The molecule has 32 heavy (non-hydrogen) atoms. The van der Waals surface area contributed by atoms with Crippen molar-refractivity contribution in [2.75, 3.05) is 33.0 Å². The lowest BCUT2D eigenvalue weighted by atomic mass is 9.78. The van der Waals surface area contributed by atoms with E-state index < -0.39 is 0 Å². The Balaban J connectivity index is 1.68. The Morgan fingerprint density at radius 2 is 1.78 bits per heavy atom. The fraction of sp³-hybridized carbons (Fsp3) is 0.346. The Morgan fingerprint density at radius 1 is 1.03 bits per heavy atom. The number of benzene rings is 2. The van der Waals surface area contributed by atoms with E-state index in [1.807, 2.05) is 13.0 Å². The predicted molar refractivity (Wildman–Crippen MR) is 130 cm³/mol. The van der Waals surface area contributed by atoms with Gasteiger partial charge in [0.15, 0.2) is 0 Å². The highest BCUT2D eigenvalue weighted by molar-refractivity contribution is 6.03. The highest BCUT2D eigenvalue weighted by atomic mass is 16.6. The quantitative estimate of drug-likeness (QED) is 0.444. The molecule has 6 heteroatoms. The number of hydrogen-bond acceptors (Lipinski definition) is 6. The molecule has 0 saturated heterocycles. The molecule has 166 valence electrons. The van der Waals surface area contributed by atoms with Gasteiger partial charge in [-0.3, -0.25) is 0 Å². The van der Waals surface area contributed by atoms with Crippen LogP contribution >= 0.6 is 0 Å². The predicted octanol–water partition coefficient (Wildman–Crippen LogP) is 4.44. The first kappa shape index (κ1) is 22.0. The number of nitrogens with zero attached hydrogens (tertiary/aromatic N) is 4. The van der Waals surface area contributed by atoms with Crippen LogP contribution in [0, 0.1) is 6.92 Å². The molecule has 1 heterocycles. The minimum Gasteiger partial charge on any atom is -0.396 e. The lowest BCUT2D eigenvalue weighted by molar-refractivity contribution is 0.134. The number of nitrogen functional groups attached to an aromatic ring is 1. The summed E-state index contributed by atoms with van der Waals surface area (Å²) in [5, 5.41) is 4.57. The van der Waals surface area contributed by atoms with Gasteiger partial charge in [-0.25, -0.2) is 9.97 Å². The molecule has 0 saturated carbocycles. The first-order valence-corrected chi connectivity index (χ1v) is 11.1. The van der Waals surface area contributed by atoms with Gasteiger partial charge in [0, 0.05) is 18.5 Å². The van der Waals surface area contributed by atoms with Crippen LogP contribution in [0.2, 0.25) is 0 Å². The molecule has 2 N–H and O–H groups in total. The Morgan fingerprint density at radius 3 is 2.56 bits per heavy atom. The zero-order valence-electron chi connectivity index (χ0n) is 19.1. The normalized spacial score (nSPS) is 16.9. The van der Waals surface area contributed by atoms with E-state index in [4.69, 9.17) is 10.6 Å². The van der Waals surface area contributed by atoms with Crippen molar-refractivity contribution in [1.82, 2.24) is 14.9 Å². The zero-order valence-corrected chi connectivity index (χ0v) is 19.1. The van der Waals surface area contributed by atoms with Crippen LogP contribution in [-0.4, -0.2) is 47.8 Å². The van der Waals surface area contributed by atoms with E-state index >= 15 is 0 Å². The summed E-state index contributed by atoms with van der Waals surface area (Å²) in [7, 11) is 4.12. The van der Waals surface area contributed by atoms with Gasteiger partial charge in [0.2, 0.25) is 5.95 Å². The van der Waals surface area contributed by atoms with Gasteiger partial charge in [0.05, 0.1) is 17.1 Å². The number of aromatic nitrogens is 2. The van der Waals surface area contributed by atoms with E-state index in [-0.39, 0.29) is 5.92 Å². The Labute approximate surface area is 190 Å². The number of anilines is 1. The number of fused-ring (bicyclic) bond motifs is 1. The topological polar surface area (TPSA) is 76.6 Å². The minimum atomic E-state index is 0.233. The number of nitrogens with two attached hydrogens (primary N) is 1. The van der Waals surface area contributed by atoms with Gasteiger partial charge in [-0.15, -0.1) is 0 Å². The molecule has 0 amide bonds. The number of hydrogen-bond donors (Lipinski definition) is 1. The molecule has 0 bridgehead atoms. The molecule has 1 atom stereocenters. The Hall–Kier alpha value is -3.25. The third-order valence-corrected chi connectivity index (χ3v) is 5.85. The van der Waals surface area contributed by atoms with Gasteiger partial charge in [-0.1, -0.05) is 59.8 Å². The van der Waals surface area contributed by atoms with Crippen LogP contribution in [0.4, 0.5) is 5.95 Å². The van der Waals surface area contributed by atoms with Crippen LogP contribution in [0.15, 0.2) is 59.8 Å². The fourth-order valence-corrected chi connectivity index (χ4v) is 4.43.